The van der Waals surface area contributed by atoms with Gasteiger partial charge in [0.2, 0.25) is 0 Å². The van der Waals surface area contributed by atoms with Crippen molar-refractivity contribution in [3.63, 3.8) is 0 Å². The Kier molecular flexibility index (Phi) is 8.15. The van der Waals surface area contributed by atoms with Crippen LogP contribution in [0.4, 0.5) is 18.9 Å². The molecule has 0 bridgehead atoms. The molecular weight excluding hydrogens is 541 g/mol. The van der Waals surface area contributed by atoms with Crippen molar-refractivity contribution in [3.8, 4) is 5.69 Å². The van der Waals surface area contributed by atoms with E-state index in [0.29, 0.717) is 10.4 Å². The Balaban J connectivity index is 1.59. The number of aryl methyl sites for hydroxylation is 2. The third-order valence-corrected chi connectivity index (χ3v) is 7.99. The van der Waals surface area contributed by atoms with Crippen LogP contribution in [0.15, 0.2) is 94.9 Å². The largest absolute Gasteiger partial charge is 0.416 e. The Morgan fingerprint density at radius 2 is 1.65 bits per heavy atom. The van der Waals surface area contributed by atoms with E-state index in [4.69, 9.17) is 0 Å². The van der Waals surface area contributed by atoms with E-state index in [9.17, 15) is 26.4 Å². The highest BCUT2D eigenvalue weighted by atomic mass is 32.2. The molecule has 0 aliphatic rings. The Morgan fingerprint density at radius 1 is 0.950 bits per heavy atom. The highest BCUT2D eigenvalue weighted by Gasteiger charge is 2.33. The number of hydrazone groups is 1. The molecule has 4 rings (SSSR count). The SMILES string of the molecule is Cc1cccc(-n2c(C)cc(/C=N\NC(=O)CN(c3cccc(C(F)(F)F)c3)S(=O)(=O)c3ccccc3)c2C)c1. The van der Waals surface area contributed by atoms with Gasteiger partial charge in [-0.3, -0.25) is 9.10 Å². The van der Waals surface area contributed by atoms with Crippen LogP contribution in [0.3, 0.4) is 0 Å². The molecule has 0 saturated carbocycles. The monoisotopic (exact) mass is 568 g/mol. The third-order valence-electron chi connectivity index (χ3n) is 6.20. The normalized spacial score (nSPS) is 12.1. The molecule has 1 N–H and O–H groups in total. The summed E-state index contributed by atoms with van der Waals surface area (Å²) >= 11 is 0. The van der Waals surface area contributed by atoms with Crippen molar-refractivity contribution in [1.29, 1.82) is 0 Å². The van der Waals surface area contributed by atoms with Crippen LogP contribution in [0.5, 0.6) is 0 Å². The molecule has 0 aliphatic heterocycles. The van der Waals surface area contributed by atoms with Gasteiger partial charge in [0.15, 0.2) is 0 Å². The number of aromatic nitrogens is 1. The number of nitrogens with one attached hydrogen (secondary N) is 1. The average molecular weight is 569 g/mol. The Hall–Kier alpha value is -4.38. The summed E-state index contributed by atoms with van der Waals surface area (Å²) in [6.07, 6.45) is -3.26. The topological polar surface area (TPSA) is 83.8 Å². The molecule has 0 aliphatic carbocycles. The second-order valence-electron chi connectivity index (χ2n) is 9.17. The Labute approximate surface area is 230 Å². The van der Waals surface area contributed by atoms with Crippen molar-refractivity contribution < 1.29 is 26.4 Å². The molecule has 40 heavy (non-hydrogen) atoms. The van der Waals surface area contributed by atoms with Crippen LogP contribution in [0.2, 0.25) is 0 Å². The Bertz CT molecular complexity index is 1660. The molecule has 0 spiro atoms. The second kappa shape index (κ2) is 11.4. The van der Waals surface area contributed by atoms with Gasteiger partial charge < -0.3 is 4.57 Å². The van der Waals surface area contributed by atoms with E-state index in [1.54, 1.807) is 6.07 Å². The second-order valence-corrected chi connectivity index (χ2v) is 11.0. The number of hydrogen-bond donors (Lipinski definition) is 1. The highest BCUT2D eigenvalue weighted by Crippen LogP contribution is 2.33. The van der Waals surface area contributed by atoms with Crippen molar-refractivity contribution in [2.75, 3.05) is 10.8 Å². The quantitative estimate of drug-likeness (QED) is 0.217. The number of benzene rings is 3. The molecule has 1 amide bonds. The van der Waals surface area contributed by atoms with Gasteiger partial charge in [-0.1, -0.05) is 36.4 Å². The van der Waals surface area contributed by atoms with E-state index in [1.807, 2.05) is 55.7 Å². The fourth-order valence-corrected chi connectivity index (χ4v) is 5.73. The van der Waals surface area contributed by atoms with Crippen LogP contribution in [-0.2, 0) is 21.0 Å². The number of hydrogen-bond acceptors (Lipinski definition) is 4. The summed E-state index contributed by atoms with van der Waals surface area (Å²) in [6, 6.07) is 20.8. The molecule has 1 aromatic heterocycles. The number of anilines is 1. The van der Waals surface area contributed by atoms with E-state index in [-0.39, 0.29) is 10.6 Å². The first-order valence-electron chi connectivity index (χ1n) is 12.2. The van der Waals surface area contributed by atoms with Crippen LogP contribution in [-0.4, -0.2) is 31.7 Å². The molecule has 0 saturated heterocycles. The van der Waals surface area contributed by atoms with Gasteiger partial charge in [-0.25, -0.2) is 13.8 Å². The third kappa shape index (κ3) is 6.26. The van der Waals surface area contributed by atoms with Gasteiger partial charge in [-0.2, -0.15) is 18.3 Å². The summed E-state index contributed by atoms with van der Waals surface area (Å²) < 4.78 is 69.5. The van der Waals surface area contributed by atoms with Gasteiger partial charge in [0.25, 0.3) is 15.9 Å². The first-order valence-corrected chi connectivity index (χ1v) is 13.6. The summed E-state index contributed by atoms with van der Waals surface area (Å²) in [6.45, 7) is 5.04. The standard InChI is InChI=1S/C29H27F3N4O3S/c1-20-9-7-12-26(15-20)36-21(2)16-23(22(36)3)18-33-34-28(37)19-35(40(38,39)27-13-5-4-6-14-27)25-11-8-10-24(17-25)29(30,31)32/h4-18H,19H2,1-3H3,(H,34,37)/b33-18-. The summed E-state index contributed by atoms with van der Waals surface area (Å²) in [5.41, 5.74) is 5.57. The van der Waals surface area contributed by atoms with Gasteiger partial charge >= 0.3 is 6.18 Å². The number of carbonyl (C=O) groups excluding carboxylic acids is 1. The van der Waals surface area contributed by atoms with Crippen LogP contribution in [0, 0.1) is 20.8 Å². The van der Waals surface area contributed by atoms with Crippen LogP contribution in [0.25, 0.3) is 5.69 Å². The minimum Gasteiger partial charge on any atom is -0.318 e. The maximum absolute atomic E-state index is 13.4. The minimum absolute atomic E-state index is 0.174. The van der Waals surface area contributed by atoms with Crippen LogP contribution in [0.1, 0.15) is 28.1 Å². The maximum Gasteiger partial charge on any atom is 0.416 e. The average Bonchev–Trinajstić information content (AvgIpc) is 3.19. The molecule has 0 radical (unpaired) electrons. The molecule has 208 valence electrons. The molecule has 7 nitrogen and oxygen atoms in total. The zero-order valence-electron chi connectivity index (χ0n) is 22.0. The van der Waals surface area contributed by atoms with E-state index in [0.717, 1.165) is 40.3 Å². The number of alkyl halides is 3. The van der Waals surface area contributed by atoms with E-state index in [2.05, 4.69) is 10.5 Å². The molecule has 4 aromatic rings. The summed E-state index contributed by atoms with van der Waals surface area (Å²) in [4.78, 5) is 12.7. The molecule has 0 fully saturated rings. The molecule has 0 atom stereocenters. The van der Waals surface area contributed by atoms with E-state index in [1.165, 1.54) is 36.5 Å². The fraction of sp³-hybridized carbons (Fsp3) is 0.172. The minimum atomic E-state index is -4.70. The predicted molar refractivity (Wildman–Crippen MR) is 148 cm³/mol. The number of halogens is 3. The molecule has 0 unspecified atom stereocenters. The van der Waals surface area contributed by atoms with Crippen molar-refractivity contribution in [1.82, 2.24) is 9.99 Å². The lowest BCUT2D eigenvalue weighted by Crippen LogP contribution is -2.39. The van der Waals surface area contributed by atoms with Gasteiger partial charge in [0.05, 0.1) is 22.4 Å². The maximum atomic E-state index is 13.4. The smallest absolute Gasteiger partial charge is 0.318 e. The number of sulfonamides is 1. The number of rotatable bonds is 8. The van der Waals surface area contributed by atoms with Crippen molar-refractivity contribution in [2.45, 2.75) is 31.8 Å². The molecular formula is C29H27F3N4O3S. The molecule has 11 heteroatoms. The van der Waals surface area contributed by atoms with Gasteiger partial charge in [0, 0.05) is 22.6 Å². The zero-order valence-corrected chi connectivity index (χ0v) is 22.8. The summed E-state index contributed by atoms with van der Waals surface area (Å²) in [7, 11) is -4.38. The van der Waals surface area contributed by atoms with Gasteiger partial charge in [-0.15, -0.1) is 0 Å². The zero-order chi connectivity index (χ0) is 29.1. The predicted octanol–water partition coefficient (Wildman–Crippen LogP) is 5.77. The van der Waals surface area contributed by atoms with Crippen LogP contribution < -0.4 is 9.73 Å². The first-order chi connectivity index (χ1) is 18.9. The van der Waals surface area contributed by atoms with Crippen LogP contribution >= 0.6 is 0 Å². The molecule has 1 heterocycles. The fourth-order valence-electron chi connectivity index (χ4n) is 4.29. The lowest BCUT2D eigenvalue weighted by Gasteiger charge is -2.24. The van der Waals surface area contributed by atoms with Crippen molar-refractivity contribution >= 4 is 27.8 Å². The number of amides is 1. The Morgan fingerprint density at radius 3 is 2.33 bits per heavy atom. The lowest BCUT2D eigenvalue weighted by molar-refractivity contribution is -0.137. The van der Waals surface area contributed by atoms with E-state index < -0.39 is 34.2 Å². The van der Waals surface area contributed by atoms with Crippen molar-refractivity contribution in [3.05, 3.63) is 113 Å². The van der Waals surface area contributed by atoms with Gasteiger partial charge in [0.1, 0.15) is 6.54 Å². The first kappa shape index (κ1) is 28.6. The number of nitrogens with zero attached hydrogens (tertiary/aromatic N) is 3. The highest BCUT2D eigenvalue weighted by molar-refractivity contribution is 7.92. The van der Waals surface area contributed by atoms with E-state index >= 15 is 0 Å². The van der Waals surface area contributed by atoms with Gasteiger partial charge in [-0.05, 0) is 74.9 Å². The van der Waals surface area contributed by atoms with Crippen molar-refractivity contribution in [2.24, 2.45) is 5.10 Å². The number of carbonyl (C=O) groups is 1. The lowest BCUT2D eigenvalue weighted by atomic mass is 10.2. The summed E-state index contributed by atoms with van der Waals surface area (Å²) in [5, 5.41) is 3.99. The summed E-state index contributed by atoms with van der Waals surface area (Å²) in [5.74, 6) is -0.833. The molecule has 3 aromatic carbocycles.